The Morgan fingerprint density at radius 3 is 3.00 bits per heavy atom. The number of nitrogens with two attached hydrogens (primary N) is 1. The fraction of sp³-hybridized carbons (Fsp3) is 0.250. The minimum absolute atomic E-state index is 0.551. The predicted molar refractivity (Wildman–Crippen MR) is 52.2 cm³/mol. The van der Waals surface area contributed by atoms with Crippen LogP contribution >= 0.6 is 11.3 Å². The van der Waals surface area contributed by atoms with Crippen molar-refractivity contribution in [3.8, 4) is 10.7 Å². The van der Waals surface area contributed by atoms with Crippen molar-refractivity contribution in [3.05, 3.63) is 23.3 Å². The molecule has 2 aromatic heterocycles. The SMILES string of the molecule is Cn1nccc1-c1ncc(CN)s1. The van der Waals surface area contributed by atoms with Crippen LogP contribution in [0.5, 0.6) is 0 Å². The first-order valence-corrected chi connectivity index (χ1v) is 4.76. The second-order valence-electron chi connectivity index (χ2n) is 2.68. The van der Waals surface area contributed by atoms with Gasteiger partial charge in [-0.1, -0.05) is 0 Å². The molecule has 0 amide bonds. The molecule has 2 aromatic rings. The van der Waals surface area contributed by atoms with Crippen molar-refractivity contribution in [1.29, 1.82) is 0 Å². The molecule has 0 spiro atoms. The Bertz CT molecular complexity index is 404. The van der Waals surface area contributed by atoms with Crippen molar-refractivity contribution in [2.24, 2.45) is 12.8 Å². The van der Waals surface area contributed by atoms with Crippen LogP contribution in [0.4, 0.5) is 0 Å². The first-order chi connectivity index (χ1) is 6.31. The molecule has 0 unspecified atom stereocenters. The molecule has 0 fully saturated rings. The van der Waals surface area contributed by atoms with E-state index >= 15 is 0 Å². The van der Waals surface area contributed by atoms with E-state index in [1.165, 1.54) is 0 Å². The van der Waals surface area contributed by atoms with Gasteiger partial charge in [0.05, 0.1) is 5.69 Å². The number of aromatic nitrogens is 3. The summed E-state index contributed by atoms with van der Waals surface area (Å²) in [5, 5.41) is 5.05. The van der Waals surface area contributed by atoms with Crippen LogP contribution in [0.25, 0.3) is 10.7 Å². The first-order valence-electron chi connectivity index (χ1n) is 3.94. The van der Waals surface area contributed by atoms with Gasteiger partial charge in [0.1, 0.15) is 5.01 Å². The van der Waals surface area contributed by atoms with Crippen LogP contribution in [-0.4, -0.2) is 14.8 Å². The normalized spacial score (nSPS) is 10.6. The summed E-state index contributed by atoms with van der Waals surface area (Å²) in [6, 6.07) is 1.94. The van der Waals surface area contributed by atoms with E-state index in [1.807, 2.05) is 19.3 Å². The molecule has 13 heavy (non-hydrogen) atoms. The summed E-state index contributed by atoms with van der Waals surface area (Å²) in [7, 11) is 1.90. The van der Waals surface area contributed by atoms with Gasteiger partial charge in [0, 0.05) is 30.9 Å². The van der Waals surface area contributed by atoms with Crippen LogP contribution in [0.15, 0.2) is 18.5 Å². The van der Waals surface area contributed by atoms with E-state index in [9.17, 15) is 0 Å². The van der Waals surface area contributed by atoms with E-state index in [0.717, 1.165) is 15.6 Å². The van der Waals surface area contributed by atoms with Crippen LogP contribution in [0, 0.1) is 0 Å². The van der Waals surface area contributed by atoms with Gasteiger partial charge >= 0.3 is 0 Å². The molecule has 0 saturated heterocycles. The van der Waals surface area contributed by atoms with Gasteiger partial charge in [-0.3, -0.25) is 4.68 Å². The molecule has 0 aromatic carbocycles. The van der Waals surface area contributed by atoms with Gasteiger partial charge in [-0.2, -0.15) is 5.10 Å². The van der Waals surface area contributed by atoms with Crippen molar-refractivity contribution in [2.45, 2.75) is 6.54 Å². The quantitative estimate of drug-likeness (QED) is 0.776. The second kappa shape index (κ2) is 3.27. The average molecular weight is 194 g/mol. The number of rotatable bonds is 2. The topological polar surface area (TPSA) is 56.7 Å². The molecule has 0 atom stereocenters. The van der Waals surface area contributed by atoms with Crippen LogP contribution in [0.2, 0.25) is 0 Å². The molecule has 0 radical (unpaired) electrons. The molecule has 0 aliphatic rings. The zero-order valence-corrected chi connectivity index (χ0v) is 8.08. The molecule has 2 heterocycles. The van der Waals surface area contributed by atoms with Crippen LogP contribution in [0.3, 0.4) is 0 Å². The van der Waals surface area contributed by atoms with Crippen molar-refractivity contribution in [1.82, 2.24) is 14.8 Å². The number of hydrogen-bond donors (Lipinski definition) is 1. The van der Waals surface area contributed by atoms with Crippen LogP contribution in [-0.2, 0) is 13.6 Å². The summed E-state index contributed by atoms with van der Waals surface area (Å²) in [5.41, 5.74) is 6.53. The maximum Gasteiger partial charge on any atom is 0.141 e. The predicted octanol–water partition coefficient (Wildman–Crippen LogP) is 1.00. The number of hydrogen-bond acceptors (Lipinski definition) is 4. The Morgan fingerprint density at radius 2 is 2.46 bits per heavy atom. The second-order valence-corrected chi connectivity index (χ2v) is 3.79. The number of thiazole rings is 1. The lowest BCUT2D eigenvalue weighted by Crippen LogP contribution is -1.92. The lowest BCUT2D eigenvalue weighted by atomic mass is 10.4. The molecule has 0 aliphatic heterocycles. The smallest absolute Gasteiger partial charge is 0.141 e. The van der Waals surface area contributed by atoms with Gasteiger partial charge in [0.15, 0.2) is 0 Å². The van der Waals surface area contributed by atoms with E-state index in [2.05, 4.69) is 10.1 Å². The Hall–Kier alpha value is -1.20. The highest BCUT2D eigenvalue weighted by atomic mass is 32.1. The van der Waals surface area contributed by atoms with Crippen molar-refractivity contribution in [3.63, 3.8) is 0 Å². The summed E-state index contributed by atoms with van der Waals surface area (Å²) >= 11 is 1.61. The Balaban J connectivity index is 2.41. The maximum atomic E-state index is 5.50. The highest BCUT2D eigenvalue weighted by molar-refractivity contribution is 7.14. The Morgan fingerprint density at radius 1 is 1.62 bits per heavy atom. The van der Waals surface area contributed by atoms with E-state index in [4.69, 9.17) is 5.73 Å². The van der Waals surface area contributed by atoms with E-state index in [1.54, 1.807) is 22.2 Å². The highest BCUT2D eigenvalue weighted by Crippen LogP contribution is 2.23. The molecule has 2 rings (SSSR count). The van der Waals surface area contributed by atoms with Crippen molar-refractivity contribution in [2.75, 3.05) is 0 Å². The summed E-state index contributed by atoms with van der Waals surface area (Å²) in [6.07, 6.45) is 3.58. The minimum atomic E-state index is 0.551. The molecule has 2 N–H and O–H groups in total. The van der Waals surface area contributed by atoms with E-state index in [0.29, 0.717) is 6.54 Å². The molecule has 68 valence electrons. The van der Waals surface area contributed by atoms with E-state index < -0.39 is 0 Å². The van der Waals surface area contributed by atoms with Gasteiger partial charge in [0.2, 0.25) is 0 Å². The summed E-state index contributed by atoms with van der Waals surface area (Å²) in [4.78, 5) is 5.36. The standard InChI is InChI=1S/C8H10N4S/c1-12-7(2-3-11-12)8-10-5-6(4-9)13-8/h2-3,5H,4,9H2,1H3. The monoisotopic (exact) mass is 194 g/mol. The average Bonchev–Trinajstić information content (AvgIpc) is 2.71. The minimum Gasteiger partial charge on any atom is -0.326 e. The third kappa shape index (κ3) is 1.48. The van der Waals surface area contributed by atoms with Gasteiger partial charge in [0.25, 0.3) is 0 Å². The lowest BCUT2D eigenvalue weighted by molar-refractivity contribution is 0.775. The molecule has 0 bridgehead atoms. The lowest BCUT2D eigenvalue weighted by Gasteiger charge is -1.94. The molecular weight excluding hydrogens is 184 g/mol. The highest BCUT2D eigenvalue weighted by Gasteiger charge is 2.06. The van der Waals surface area contributed by atoms with E-state index in [-0.39, 0.29) is 0 Å². The Labute approximate surface area is 80.0 Å². The van der Waals surface area contributed by atoms with Crippen molar-refractivity contribution < 1.29 is 0 Å². The number of aryl methyl sites for hydroxylation is 1. The van der Waals surface area contributed by atoms with Gasteiger partial charge in [-0.15, -0.1) is 11.3 Å². The fourth-order valence-electron chi connectivity index (χ4n) is 1.10. The fourth-order valence-corrected chi connectivity index (χ4v) is 1.95. The van der Waals surface area contributed by atoms with Crippen molar-refractivity contribution >= 4 is 11.3 Å². The van der Waals surface area contributed by atoms with Gasteiger partial charge in [-0.05, 0) is 6.07 Å². The maximum absolute atomic E-state index is 5.50. The summed E-state index contributed by atoms with van der Waals surface area (Å²) < 4.78 is 1.80. The molecule has 0 aliphatic carbocycles. The third-order valence-corrected chi connectivity index (χ3v) is 2.84. The zero-order chi connectivity index (χ0) is 9.26. The third-order valence-electron chi connectivity index (χ3n) is 1.79. The molecule has 0 saturated carbocycles. The summed E-state index contributed by atoms with van der Waals surface area (Å²) in [5.74, 6) is 0. The van der Waals surface area contributed by atoms with Gasteiger partial charge in [-0.25, -0.2) is 4.98 Å². The summed E-state index contributed by atoms with van der Waals surface area (Å²) in [6.45, 7) is 0.551. The zero-order valence-electron chi connectivity index (χ0n) is 7.27. The Kier molecular flexibility index (Phi) is 2.12. The van der Waals surface area contributed by atoms with Crippen LogP contribution in [0.1, 0.15) is 4.88 Å². The first kappa shape index (κ1) is 8.40. The molecule has 5 heteroatoms. The van der Waals surface area contributed by atoms with Crippen LogP contribution < -0.4 is 5.73 Å². The van der Waals surface area contributed by atoms with Gasteiger partial charge < -0.3 is 5.73 Å². The molecule has 4 nitrogen and oxygen atoms in total. The number of nitrogens with zero attached hydrogens (tertiary/aromatic N) is 3. The largest absolute Gasteiger partial charge is 0.326 e. The molecular formula is C8H10N4S.